The van der Waals surface area contributed by atoms with E-state index in [0.717, 1.165) is 50.8 Å². The predicted molar refractivity (Wildman–Crippen MR) is 132 cm³/mol. The summed E-state index contributed by atoms with van der Waals surface area (Å²) >= 11 is 0. The van der Waals surface area contributed by atoms with Crippen LogP contribution in [0.3, 0.4) is 0 Å². The number of rotatable bonds is 7. The fraction of sp³-hybridized carbons (Fsp3) is 0.160. The maximum absolute atomic E-state index is 10.1. The third kappa shape index (κ3) is 3.89. The van der Waals surface area contributed by atoms with E-state index in [1.807, 2.05) is 25.1 Å². The molecule has 0 aliphatic carbocycles. The number of hydrogen-bond acceptors (Lipinski definition) is 8. The summed E-state index contributed by atoms with van der Waals surface area (Å²) in [6, 6.07) is 5.83. The second-order valence-corrected chi connectivity index (χ2v) is 8.28. The van der Waals surface area contributed by atoms with E-state index < -0.39 is 6.23 Å². The van der Waals surface area contributed by atoms with Crippen molar-refractivity contribution in [1.82, 2.24) is 35.1 Å². The number of hydrogen-bond donors (Lipinski definition) is 4. The fourth-order valence-electron chi connectivity index (χ4n) is 4.13. The predicted octanol–water partition coefficient (Wildman–Crippen LogP) is 4.75. The van der Waals surface area contributed by atoms with Crippen molar-refractivity contribution in [3.05, 3.63) is 61.7 Å². The van der Waals surface area contributed by atoms with Gasteiger partial charge in [0.15, 0.2) is 11.5 Å². The third-order valence-electron chi connectivity index (χ3n) is 5.83. The van der Waals surface area contributed by atoms with E-state index >= 15 is 0 Å². The van der Waals surface area contributed by atoms with E-state index in [2.05, 4.69) is 35.5 Å². The van der Waals surface area contributed by atoms with Gasteiger partial charge in [0.1, 0.15) is 17.4 Å². The van der Waals surface area contributed by atoms with Crippen molar-refractivity contribution < 1.29 is 9.52 Å². The lowest BCUT2D eigenvalue weighted by Gasteiger charge is -2.13. The minimum absolute atomic E-state index is 0.610. The first-order chi connectivity index (χ1) is 17.2. The number of H-pyrrole nitrogens is 2. The summed E-state index contributed by atoms with van der Waals surface area (Å²) in [4.78, 5) is 21.4. The van der Waals surface area contributed by atoms with Crippen LogP contribution in [0.15, 0.2) is 66.1 Å². The molecule has 0 spiro atoms. The van der Waals surface area contributed by atoms with Crippen molar-refractivity contribution in [2.75, 3.05) is 5.32 Å². The lowest BCUT2D eigenvalue weighted by atomic mass is 10.1. The molecule has 1 atom stereocenters. The Morgan fingerprint density at radius 1 is 1.06 bits per heavy atom. The molecule has 35 heavy (non-hydrogen) atoms. The van der Waals surface area contributed by atoms with Crippen molar-refractivity contribution in [3.8, 4) is 33.8 Å². The average Bonchev–Trinajstić information content (AvgIpc) is 3.63. The summed E-state index contributed by atoms with van der Waals surface area (Å²) < 4.78 is 5.24. The Kier molecular flexibility index (Phi) is 5.19. The van der Waals surface area contributed by atoms with Crippen LogP contribution in [-0.2, 0) is 0 Å². The highest BCUT2D eigenvalue weighted by Gasteiger charge is 2.17. The minimum atomic E-state index is -0.618. The number of nitrogens with zero attached hydrogens (tertiary/aromatic N) is 5. The molecule has 0 saturated heterocycles. The highest BCUT2D eigenvalue weighted by molar-refractivity contribution is 5.96. The minimum Gasteiger partial charge on any atom is -0.472 e. The molecule has 0 amide bonds. The first-order valence-electron chi connectivity index (χ1n) is 11.3. The first-order valence-corrected chi connectivity index (χ1v) is 11.3. The van der Waals surface area contributed by atoms with E-state index in [-0.39, 0.29) is 0 Å². The lowest BCUT2D eigenvalue weighted by molar-refractivity contribution is 0.192. The molecule has 10 nitrogen and oxygen atoms in total. The summed E-state index contributed by atoms with van der Waals surface area (Å²) in [5.41, 5.74) is 7.15. The molecule has 0 fully saturated rings. The van der Waals surface area contributed by atoms with Crippen LogP contribution >= 0.6 is 0 Å². The fourth-order valence-corrected chi connectivity index (χ4v) is 4.13. The zero-order valence-electron chi connectivity index (χ0n) is 18.9. The Hall–Kier alpha value is -4.57. The molecule has 0 aromatic carbocycles. The molecular weight excluding hydrogens is 444 g/mol. The number of aromatic amines is 2. The zero-order chi connectivity index (χ0) is 23.8. The monoisotopic (exact) mass is 466 g/mol. The smallest absolute Gasteiger partial charge is 0.159 e. The largest absolute Gasteiger partial charge is 0.472 e. The second-order valence-electron chi connectivity index (χ2n) is 8.28. The molecule has 4 N–H and O–H groups in total. The standard InChI is InChI=1S/C25H22N8O2/c1-2-3-21(34)29-17-6-15(8-26-10-17)16-7-18-23(32-33-24(18)28-9-16)25-30-20-12-27-11-19(22(20)31-25)14-4-5-35-13-14/h4-13,21,29,34H,2-3H2,1H3,(H,30,31)(H,28,32,33). The van der Waals surface area contributed by atoms with E-state index in [0.29, 0.717) is 23.6 Å². The number of anilines is 1. The maximum Gasteiger partial charge on any atom is 0.159 e. The van der Waals surface area contributed by atoms with Gasteiger partial charge in [0.05, 0.1) is 41.5 Å². The SMILES string of the molecule is CCCC(O)Nc1cncc(-c2cnc3[nH]nc(-c4nc5c(-c6ccoc6)cncc5[nH]4)c3c2)c1. The number of nitrogens with one attached hydrogen (secondary N) is 3. The summed E-state index contributed by atoms with van der Waals surface area (Å²) in [7, 11) is 0. The number of fused-ring (bicyclic) bond motifs is 2. The Morgan fingerprint density at radius 2 is 1.94 bits per heavy atom. The molecule has 6 heterocycles. The molecular formula is C25H22N8O2. The van der Waals surface area contributed by atoms with Crippen LogP contribution in [0.2, 0.25) is 0 Å². The molecule has 6 aromatic heterocycles. The van der Waals surface area contributed by atoms with Gasteiger partial charge < -0.3 is 19.8 Å². The van der Waals surface area contributed by atoms with Gasteiger partial charge in [-0.2, -0.15) is 5.10 Å². The van der Waals surface area contributed by atoms with Crippen LogP contribution in [0.1, 0.15) is 19.8 Å². The highest BCUT2D eigenvalue weighted by Crippen LogP contribution is 2.32. The molecule has 0 bridgehead atoms. The van der Waals surface area contributed by atoms with Gasteiger partial charge in [-0.15, -0.1) is 0 Å². The van der Waals surface area contributed by atoms with E-state index in [4.69, 9.17) is 9.40 Å². The Bertz CT molecular complexity index is 1620. The van der Waals surface area contributed by atoms with Crippen molar-refractivity contribution >= 4 is 27.8 Å². The maximum atomic E-state index is 10.1. The quantitative estimate of drug-likeness (QED) is 0.247. The third-order valence-corrected chi connectivity index (χ3v) is 5.83. The summed E-state index contributed by atoms with van der Waals surface area (Å²) in [6.45, 7) is 2.03. The van der Waals surface area contributed by atoms with Crippen LogP contribution in [0, 0.1) is 0 Å². The molecule has 1 unspecified atom stereocenters. The highest BCUT2D eigenvalue weighted by atomic mass is 16.3. The van der Waals surface area contributed by atoms with Gasteiger partial charge in [-0.05, 0) is 24.6 Å². The van der Waals surface area contributed by atoms with Crippen molar-refractivity contribution in [3.63, 3.8) is 0 Å². The normalized spacial score (nSPS) is 12.4. The van der Waals surface area contributed by atoms with Crippen molar-refractivity contribution in [1.29, 1.82) is 0 Å². The molecule has 6 aromatic rings. The average molecular weight is 467 g/mol. The zero-order valence-corrected chi connectivity index (χ0v) is 18.9. The van der Waals surface area contributed by atoms with E-state index in [9.17, 15) is 5.11 Å². The van der Waals surface area contributed by atoms with Gasteiger partial charge in [0, 0.05) is 40.8 Å². The first kappa shape index (κ1) is 21.0. The van der Waals surface area contributed by atoms with Crippen LogP contribution in [-0.4, -0.2) is 46.5 Å². The number of imidazole rings is 1. The van der Waals surface area contributed by atoms with E-state index in [1.54, 1.807) is 43.5 Å². The molecule has 0 aliphatic heterocycles. The molecule has 0 aliphatic rings. The Labute approximate surface area is 199 Å². The van der Waals surface area contributed by atoms with E-state index in [1.165, 1.54) is 0 Å². The van der Waals surface area contributed by atoms with Gasteiger partial charge in [-0.25, -0.2) is 9.97 Å². The Balaban J connectivity index is 1.40. The van der Waals surface area contributed by atoms with Crippen molar-refractivity contribution in [2.24, 2.45) is 0 Å². The van der Waals surface area contributed by atoms with Gasteiger partial charge in [-0.3, -0.25) is 15.1 Å². The summed E-state index contributed by atoms with van der Waals surface area (Å²) in [5, 5.41) is 21.5. The van der Waals surface area contributed by atoms with Gasteiger partial charge >= 0.3 is 0 Å². The van der Waals surface area contributed by atoms with Gasteiger partial charge in [0.25, 0.3) is 0 Å². The number of aromatic nitrogens is 7. The number of aliphatic hydroxyl groups excluding tert-OH is 1. The molecule has 6 rings (SSSR count). The lowest BCUT2D eigenvalue weighted by Crippen LogP contribution is -2.18. The molecule has 0 radical (unpaired) electrons. The molecule has 0 saturated carbocycles. The second kappa shape index (κ2) is 8.65. The van der Waals surface area contributed by atoms with Crippen LogP contribution in [0.5, 0.6) is 0 Å². The van der Waals surface area contributed by atoms with Gasteiger partial charge in [0.2, 0.25) is 0 Å². The number of furan rings is 1. The Morgan fingerprint density at radius 3 is 2.80 bits per heavy atom. The summed E-state index contributed by atoms with van der Waals surface area (Å²) in [5.74, 6) is 0.610. The van der Waals surface area contributed by atoms with Crippen LogP contribution in [0.4, 0.5) is 5.69 Å². The summed E-state index contributed by atoms with van der Waals surface area (Å²) in [6.07, 6.45) is 13.0. The van der Waals surface area contributed by atoms with Gasteiger partial charge in [-0.1, -0.05) is 13.3 Å². The number of pyridine rings is 3. The molecule has 174 valence electrons. The van der Waals surface area contributed by atoms with Crippen LogP contribution in [0.25, 0.3) is 55.8 Å². The van der Waals surface area contributed by atoms with Crippen LogP contribution < -0.4 is 5.32 Å². The van der Waals surface area contributed by atoms with Crippen molar-refractivity contribution in [2.45, 2.75) is 26.0 Å². The number of aliphatic hydroxyl groups is 1. The topological polar surface area (TPSA) is 141 Å². The molecule has 10 heteroatoms.